The summed E-state index contributed by atoms with van der Waals surface area (Å²) in [5.41, 5.74) is 0. The summed E-state index contributed by atoms with van der Waals surface area (Å²) in [6, 6.07) is 0. The lowest BCUT2D eigenvalue weighted by molar-refractivity contribution is -0.768. The van der Waals surface area contributed by atoms with E-state index in [1.54, 1.807) is 0 Å². The largest absolute Gasteiger partial charge is 0.310 e. The minimum atomic E-state index is -0.844. The molecule has 1 fully saturated rings. The molecule has 1 aliphatic rings. The fraction of sp³-hybridized carbons (Fsp3) is 0.800. The Bertz CT molecular complexity index is 167. The summed E-state index contributed by atoms with van der Waals surface area (Å²) < 4.78 is 0. The van der Waals surface area contributed by atoms with Crippen molar-refractivity contribution in [3.05, 3.63) is 10.1 Å². The lowest BCUT2D eigenvalue weighted by atomic mass is 10.3. The van der Waals surface area contributed by atoms with E-state index in [0.29, 0.717) is 12.8 Å². The van der Waals surface area contributed by atoms with Crippen LogP contribution in [0.15, 0.2) is 0 Å². The Hall–Kier alpha value is -1.13. The third kappa shape index (κ3) is 1.68. The second kappa shape index (κ2) is 2.64. The molecule has 0 N–H and O–H groups in total. The maximum Gasteiger partial charge on any atom is 0.294 e. The van der Waals surface area contributed by atoms with E-state index in [1.807, 2.05) is 0 Å². The molecule has 0 aromatic heterocycles. The molecule has 5 nitrogen and oxygen atoms in total. The van der Waals surface area contributed by atoms with Crippen LogP contribution >= 0.6 is 0 Å². The lowest BCUT2D eigenvalue weighted by Crippen LogP contribution is -2.13. The summed E-state index contributed by atoms with van der Waals surface area (Å²) in [6.45, 7) is 0. The first-order chi connectivity index (χ1) is 4.68. The van der Waals surface area contributed by atoms with Crippen LogP contribution in [0.5, 0.6) is 0 Å². The van der Waals surface area contributed by atoms with Gasteiger partial charge in [-0.15, -0.1) is 10.1 Å². The van der Waals surface area contributed by atoms with Crippen LogP contribution in [-0.2, 0) is 9.63 Å². The molecular formula is C5H7NO4. The number of carbonyl (C=O) groups is 1. The predicted octanol–water partition coefficient (Wildman–Crippen LogP) is 0.316. The first kappa shape index (κ1) is 6.98. The number of hydrogen-bond acceptors (Lipinski definition) is 4. The average Bonchev–Trinajstić information content (AvgIpc) is 2.13. The molecule has 56 valence electrons. The summed E-state index contributed by atoms with van der Waals surface area (Å²) in [6.07, 6.45) is 0.613. The molecule has 1 atom stereocenters. The van der Waals surface area contributed by atoms with Crippen molar-refractivity contribution in [2.45, 2.75) is 25.4 Å². The van der Waals surface area contributed by atoms with Crippen molar-refractivity contribution in [1.82, 2.24) is 0 Å². The Labute approximate surface area is 57.1 Å². The molecule has 0 spiro atoms. The van der Waals surface area contributed by atoms with Crippen LogP contribution in [0.1, 0.15) is 19.3 Å². The first-order valence-electron chi connectivity index (χ1n) is 3.01. The third-order valence-corrected chi connectivity index (χ3v) is 1.44. The smallest absolute Gasteiger partial charge is 0.294 e. The minimum Gasteiger partial charge on any atom is -0.310 e. The number of ketones is 1. The third-order valence-electron chi connectivity index (χ3n) is 1.44. The highest BCUT2D eigenvalue weighted by atomic mass is 17.0. The molecule has 5 heteroatoms. The number of hydrogen-bond donors (Lipinski definition) is 0. The molecule has 0 aromatic rings. The zero-order valence-electron chi connectivity index (χ0n) is 5.28. The van der Waals surface area contributed by atoms with Crippen molar-refractivity contribution in [2.24, 2.45) is 0 Å². The Morgan fingerprint density at radius 2 is 2.40 bits per heavy atom. The molecule has 1 unspecified atom stereocenters. The van der Waals surface area contributed by atoms with E-state index in [4.69, 9.17) is 0 Å². The van der Waals surface area contributed by atoms with Crippen molar-refractivity contribution in [2.75, 3.05) is 0 Å². The second-order valence-corrected chi connectivity index (χ2v) is 2.23. The van der Waals surface area contributed by atoms with Crippen LogP contribution in [0.2, 0.25) is 0 Å². The highest BCUT2D eigenvalue weighted by Gasteiger charge is 2.24. The van der Waals surface area contributed by atoms with Crippen molar-refractivity contribution < 1.29 is 14.7 Å². The van der Waals surface area contributed by atoms with Crippen molar-refractivity contribution in [1.29, 1.82) is 0 Å². The van der Waals surface area contributed by atoms with Crippen molar-refractivity contribution in [3.63, 3.8) is 0 Å². The molecule has 0 saturated heterocycles. The molecule has 1 aliphatic carbocycles. The van der Waals surface area contributed by atoms with Crippen molar-refractivity contribution in [3.8, 4) is 0 Å². The Morgan fingerprint density at radius 3 is 2.80 bits per heavy atom. The van der Waals surface area contributed by atoms with E-state index in [-0.39, 0.29) is 12.2 Å². The maximum absolute atomic E-state index is 10.5. The Morgan fingerprint density at radius 1 is 1.70 bits per heavy atom. The lowest BCUT2D eigenvalue weighted by Gasteiger charge is -2.02. The van der Waals surface area contributed by atoms with Gasteiger partial charge in [-0.3, -0.25) is 4.79 Å². The summed E-state index contributed by atoms with van der Waals surface area (Å²) in [5.74, 6) is 0.0480. The average molecular weight is 145 g/mol. The van der Waals surface area contributed by atoms with Gasteiger partial charge in [0.1, 0.15) is 11.9 Å². The first-order valence-corrected chi connectivity index (χ1v) is 3.01. The Balaban J connectivity index is 2.31. The molecule has 0 aliphatic heterocycles. The van der Waals surface area contributed by atoms with Gasteiger partial charge in [0.05, 0.1) is 0 Å². The van der Waals surface area contributed by atoms with E-state index < -0.39 is 11.2 Å². The van der Waals surface area contributed by atoms with Gasteiger partial charge in [-0.25, -0.2) is 0 Å². The molecule has 0 radical (unpaired) electrons. The van der Waals surface area contributed by atoms with Gasteiger partial charge in [-0.1, -0.05) is 0 Å². The zero-order valence-corrected chi connectivity index (χ0v) is 5.28. The van der Waals surface area contributed by atoms with Gasteiger partial charge >= 0.3 is 0 Å². The van der Waals surface area contributed by atoms with Crippen LogP contribution in [0.4, 0.5) is 0 Å². The highest BCUT2D eigenvalue weighted by Crippen LogP contribution is 2.17. The van der Waals surface area contributed by atoms with E-state index in [9.17, 15) is 14.9 Å². The fourth-order valence-corrected chi connectivity index (χ4v) is 0.992. The molecule has 10 heavy (non-hydrogen) atoms. The molecule has 1 saturated carbocycles. The molecular weight excluding hydrogens is 138 g/mol. The van der Waals surface area contributed by atoms with Crippen LogP contribution in [0.3, 0.4) is 0 Å². The molecule has 1 rings (SSSR count). The number of rotatable bonds is 2. The summed E-state index contributed by atoms with van der Waals surface area (Å²) in [7, 11) is 0. The van der Waals surface area contributed by atoms with Crippen LogP contribution in [0.25, 0.3) is 0 Å². The molecule has 0 amide bonds. The van der Waals surface area contributed by atoms with Crippen molar-refractivity contribution >= 4 is 5.78 Å². The van der Waals surface area contributed by atoms with Gasteiger partial charge in [0, 0.05) is 12.8 Å². The minimum absolute atomic E-state index is 0.0480. The van der Waals surface area contributed by atoms with E-state index >= 15 is 0 Å². The van der Waals surface area contributed by atoms with Crippen LogP contribution in [0, 0.1) is 10.1 Å². The van der Waals surface area contributed by atoms with E-state index in [2.05, 4.69) is 4.84 Å². The van der Waals surface area contributed by atoms with Gasteiger partial charge in [0.2, 0.25) is 0 Å². The topological polar surface area (TPSA) is 69.4 Å². The predicted molar refractivity (Wildman–Crippen MR) is 30.7 cm³/mol. The number of carbonyl (C=O) groups excluding carboxylic acids is 1. The SMILES string of the molecule is O=C1CCC(O[N+](=O)[O-])C1. The van der Waals surface area contributed by atoms with E-state index in [0.717, 1.165) is 0 Å². The van der Waals surface area contributed by atoms with Gasteiger partial charge in [-0.2, -0.15) is 0 Å². The highest BCUT2D eigenvalue weighted by molar-refractivity contribution is 5.80. The van der Waals surface area contributed by atoms with E-state index in [1.165, 1.54) is 0 Å². The van der Waals surface area contributed by atoms with Gasteiger partial charge in [-0.05, 0) is 6.42 Å². The molecule has 0 bridgehead atoms. The second-order valence-electron chi connectivity index (χ2n) is 2.23. The summed E-state index contributed by atoms with van der Waals surface area (Å²) in [5, 5.41) is 8.89. The zero-order chi connectivity index (χ0) is 7.56. The van der Waals surface area contributed by atoms with Gasteiger partial charge < -0.3 is 4.84 Å². The maximum atomic E-state index is 10.5. The summed E-state index contributed by atoms with van der Waals surface area (Å²) in [4.78, 5) is 24.4. The Kier molecular flexibility index (Phi) is 1.84. The quantitative estimate of drug-likeness (QED) is 0.414. The van der Waals surface area contributed by atoms with Gasteiger partial charge in [0.15, 0.2) is 0 Å². The van der Waals surface area contributed by atoms with Crippen LogP contribution < -0.4 is 0 Å². The summed E-state index contributed by atoms with van der Waals surface area (Å²) >= 11 is 0. The number of nitrogens with zero attached hydrogens (tertiary/aromatic N) is 1. The van der Waals surface area contributed by atoms with Gasteiger partial charge in [0.25, 0.3) is 5.09 Å². The molecule has 0 heterocycles. The standard InChI is InChI=1S/C5H7NO4/c7-4-1-2-5(3-4)10-6(8)9/h5H,1-3H2. The fourth-order valence-electron chi connectivity index (χ4n) is 0.992. The normalized spacial score (nSPS) is 24.8. The molecule has 0 aromatic carbocycles. The van der Waals surface area contributed by atoms with Crippen LogP contribution in [-0.4, -0.2) is 17.0 Å². The monoisotopic (exact) mass is 145 g/mol. The number of Topliss-reactive ketones (excluding diaryl/α,β-unsaturated/α-hetero) is 1.